The highest BCUT2D eigenvalue weighted by molar-refractivity contribution is 5.85. The third-order valence-corrected chi connectivity index (χ3v) is 4.56. The summed E-state index contributed by atoms with van der Waals surface area (Å²) in [5, 5.41) is 2.50. The van der Waals surface area contributed by atoms with Crippen LogP contribution in [0.15, 0.2) is 48.5 Å². The van der Waals surface area contributed by atoms with Crippen molar-refractivity contribution in [2.24, 2.45) is 5.73 Å². The molecule has 3 N–H and O–H groups in total. The maximum atomic E-state index is 12.3. The molecule has 156 valence electrons. The summed E-state index contributed by atoms with van der Waals surface area (Å²) in [4.78, 5) is 24.4. The fraction of sp³-hybridized carbons (Fsp3) is 0.364. The Bertz CT molecular complexity index is 834. The van der Waals surface area contributed by atoms with Gasteiger partial charge in [-0.05, 0) is 43.0 Å². The molecule has 1 amide bonds. The molecule has 0 heterocycles. The Balaban J connectivity index is 0.00000300. The van der Waals surface area contributed by atoms with Gasteiger partial charge >= 0.3 is 12.1 Å². The molecule has 0 radical (unpaired) electrons. The average Bonchev–Trinajstić information content (AvgIpc) is 2.97. The second kappa shape index (κ2) is 9.29. The molecule has 0 aliphatic heterocycles. The maximum Gasteiger partial charge on any atom is 0.407 e. The number of fused-ring (bicyclic) bond motifs is 3. The Morgan fingerprint density at radius 1 is 1.03 bits per heavy atom. The van der Waals surface area contributed by atoms with Crippen molar-refractivity contribution in [3.8, 4) is 11.1 Å². The van der Waals surface area contributed by atoms with Crippen LogP contribution in [0.2, 0.25) is 0 Å². The Kier molecular flexibility index (Phi) is 7.27. The zero-order chi connectivity index (χ0) is 20.3. The van der Waals surface area contributed by atoms with Gasteiger partial charge in [0.1, 0.15) is 18.2 Å². The summed E-state index contributed by atoms with van der Waals surface area (Å²) >= 11 is 0. The number of rotatable bonds is 5. The van der Waals surface area contributed by atoms with E-state index in [1.807, 2.05) is 36.4 Å². The fourth-order valence-corrected chi connectivity index (χ4v) is 3.37. The van der Waals surface area contributed by atoms with Crippen LogP contribution < -0.4 is 11.1 Å². The van der Waals surface area contributed by atoms with E-state index in [9.17, 15) is 9.59 Å². The lowest BCUT2D eigenvalue weighted by atomic mass is 9.98. The van der Waals surface area contributed by atoms with Crippen molar-refractivity contribution >= 4 is 24.5 Å². The lowest BCUT2D eigenvalue weighted by molar-refractivity contribution is -0.157. The molecule has 0 spiro atoms. The molecule has 29 heavy (non-hydrogen) atoms. The molecular formula is C22H27ClN2O4. The summed E-state index contributed by atoms with van der Waals surface area (Å²) in [5.41, 5.74) is 9.51. The number of carbonyl (C=O) groups excluding carboxylic acids is 2. The first-order chi connectivity index (χ1) is 13.3. The van der Waals surface area contributed by atoms with Crippen LogP contribution in [0.1, 0.15) is 37.8 Å². The van der Waals surface area contributed by atoms with Crippen molar-refractivity contribution < 1.29 is 19.1 Å². The minimum absolute atomic E-state index is 0. The summed E-state index contributed by atoms with van der Waals surface area (Å²) in [6.45, 7) is 5.37. The summed E-state index contributed by atoms with van der Waals surface area (Å²) in [5.74, 6) is -0.625. The highest BCUT2D eigenvalue weighted by Gasteiger charge is 2.30. The van der Waals surface area contributed by atoms with E-state index in [0.717, 1.165) is 22.3 Å². The van der Waals surface area contributed by atoms with E-state index in [1.54, 1.807) is 20.8 Å². The van der Waals surface area contributed by atoms with E-state index >= 15 is 0 Å². The second-order valence-corrected chi connectivity index (χ2v) is 7.79. The summed E-state index contributed by atoms with van der Waals surface area (Å²) in [6, 6.07) is 15.2. The number of hydrogen-bond donors (Lipinski definition) is 2. The van der Waals surface area contributed by atoms with Crippen LogP contribution in [0.4, 0.5) is 4.79 Å². The van der Waals surface area contributed by atoms with E-state index < -0.39 is 23.7 Å². The van der Waals surface area contributed by atoms with Crippen LogP contribution >= 0.6 is 12.4 Å². The van der Waals surface area contributed by atoms with E-state index in [2.05, 4.69) is 17.4 Å². The third kappa shape index (κ3) is 5.28. The smallest absolute Gasteiger partial charge is 0.407 e. The first-order valence-corrected chi connectivity index (χ1v) is 9.34. The van der Waals surface area contributed by atoms with Gasteiger partial charge in [-0.1, -0.05) is 48.5 Å². The number of amides is 1. The molecule has 0 aromatic heterocycles. The van der Waals surface area contributed by atoms with Crippen molar-refractivity contribution in [1.29, 1.82) is 0 Å². The molecule has 0 fully saturated rings. The fourth-order valence-electron chi connectivity index (χ4n) is 3.37. The van der Waals surface area contributed by atoms with Crippen LogP contribution in [0.5, 0.6) is 0 Å². The van der Waals surface area contributed by atoms with Gasteiger partial charge < -0.3 is 20.5 Å². The van der Waals surface area contributed by atoms with E-state index in [4.69, 9.17) is 15.2 Å². The molecule has 6 nitrogen and oxygen atoms in total. The molecule has 1 atom stereocenters. The van der Waals surface area contributed by atoms with Gasteiger partial charge in [-0.2, -0.15) is 0 Å². The molecule has 7 heteroatoms. The van der Waals surface area contributed by atoms with Gasteiger partial charge in [-0.15, -0.1) is 12.4 Å². The van der Waals surface area contributed by atoms with Crippen LogP contribution in [0.3, 0.4) is 0 Å². The first-order valence-electron chi connectivity index (χ1n) is 9.34. The minimum Gasteiger partial charge on any atom is -0.458 e. The largest absolute Gasteiger partial charge is 0.458 e. The number of ether oxygens (including phenoxy) is 2. The second-order valence-electron chi connectivity index (χ2n) is 7.79. The number of carbonyl (C=O) groups is 2. The van der Waals surface area contributed by atoms with Crippen LogP contribution in [-0.4, -0.2) is 36.9 Å². The van der Waals surface area contributed by atoms with Crippen molar-refractivity contribution in [1.82, 2.24) is 5.32 Å². The number of benzene rings is 2. The minimum atomic E-state index is -0.949. The third-order valence-electron chi connectivity index (χ3n) is 4.56. The van der Waals surface area contributed by atoms with Gasteiger partial charge in [0, 0.05) is 12.5 Å². The van der Waals surface area contributed by atoms with Crippen LogP contribution in [0.25, 0.3) is 11.1 Å². The summed E-state index contributed by atoms with van der Waals surface area (Å²) < 4.78 is 10.7. The van der Waals surface area contributed by atoms with Crippen molar-refractivity contribution in [2.45, 2.75) is 38.3 Å². The topological polar surface area (TPSA) is 90.6 Å². The molecule has 0 saturated heterocycles. The molecule has 1 aliphatic rings. The first kappa shape index (κ1) is 22.7. The normalized spacial score (nSPS) is 13.5. The van der Waals surface area contributed by atoms with Gasteiger partial charge in [-0.25, -0.2) is 9.59 Å². The van der Waals surface area contributed by atoms with Gasteiger partial charge in [-0.3, -0.25) is 0 Å². The molecular weight excluding hydrogens is 392 g/mol. The van der Waals surface area contributed by atoms with Crippen molar-refractivity contribution in [3.63, 3.8) is 0 Å². The van der Waals surface area contributed by atoms with E-state index in [1.165, 1.54) is 0 Å². The number of halogens is 1. The molecule has 3 rings (SSSR count). The highest BCUT2D eigenvalue weighted by atomic mass is 35.5. The van der Waals surface area contributed by atoms with Crippen LogP contribution in [-0.2, 0) is 14.3 Å². The monoisotopic (exact) mass is 418 g/mol. The van der Waals surface area contributed by atoms with Gasteiger partial charge in [0.15, 0.2) is 0 Å². The summed E-state index contributed by atoms with van der Waals surface area (Å²) in [6.07, 6.45) is -0.692. The Hall–Kier alpha value is -2.57. The lowest BCUT2D eigenvalue weighted by Crippen LogP contribution is -2.48. The molecule has 2 aromatic carbocycles. The van der Waals surface area contributed by atoms with Gasteiger partial charge in [0.05, 0.1) is 0 Å². The molecule has 2 aromatic rings. The molecule has 0 saturated carbocycles. The maximum absolute atomic E-state index is 12.3. The van der Waals surface area contributed by atoms with E-state index in [-0.39, 0.29) is 31.5 Å². The Morgan fingerprint density at radius 2 is 1.55 bits per heavy atom. The number of nitrogens with two attached hydrogens (primary N) is 1. The zero-order valence-corrected chi connectivity index (χ0v) is 17.6. The highest BCUT2D eigenvalue weighted by Crippen LogP contribution is 2.44. The SMILES string of the molecule is CC(C)(C)OC(=O)[C@H](CN)NC(=O)OCC1c2ccccc2-c2ccccc21.Cl. The number of hydrogen-bond acceptors (Lipinski definition) is 5. The van der Waals surface area contributed by atoms with Crippen molar-refractivity contribution in [3.05, 3.63) is 59.7 Å². The standard InChI is InChI=1S/C22H26N2O4.ClH/c1-22(2,3)28-20(25)19(12-23)24-21(26)27-13-18-16-10-6-4-8-14(16)15-9-5-7-11-17(15)18;/h4-11,18-19H,12-13,23H2,1-3H3,(H,24,26);1H/t19-;/m0./s1. The summed E-state index contributed by atoms with van der Waals surface area (Å²) in [7, 11) is 0. The molecule has 0 bridgehead atoms. The number of nitrogens with one attached hydrogen (secondary N) is 1. The van der Waals surface area contributed by atoms with Gasteiger partial charge in [0.25, 0.3) is 0 Å². The zero-order valence-electron chi connectivity index (χ0n) is 16.8. The average molecular weight is 419 g/mol. The molecule has 0 unspecified atom stereocenters. The predicted molar refractivity (Wildman–Crippen MR) is 114 cm³/mol. The van der Waals surface area contributed by atoms with Crippen LogP contribution in [0, 0.1) is 0 Å². The number of alkyl carbamates (subject to hydrolysis) is 1. The Morgan fingerprint density at radius 3 is 2.03 bits per heavy atom. The lowest BCUT2D eigenvalue weighted by Gasteiger charge is -2.24. The van der Waals surface area contributed by atoms with Gasteiger partial charge in [0.2, 0.25) is 0 Å². The van der Waals surface area contributed by atoms with E-state index in [0.29, 0.717) is 0 Å². The number of esters is 1. The van der Waals surface area contributed by atoms with Crippen molar-refractivity contribution in [2.75, 3.05) is 13.2 Å². The molecule has 1 aliphatic carbocycles. The quantitative estimate of drug-likeness (QED) is 0.724. The Labute approximate surface area is 177 Å². The predicted octanol–water partition coefficient (Wildman–Crippen LogP) is 3.62.